The molecule has 14 rings (SSSR count). The Morgan fingerprint density at radius 2 is 0.852 bits per heavy atom. The number of ether oxygens (including phenoxy) is 5. The van der Waals surface area contributed by atoms with Crippen LogP contribution in [0.4, 0.5) is 29.4 Å². The van der Waals surface area contributed by atoms with Crippen molar-refractivity contribution in [2.24, 2.45) is 11.8 Å². The number of aromatic amines is 2. The van der Waals surface area contributed by atoms with E-state index in [1.807, 2.05) is 0 Å². The van der Waals surface area contributed by atoms with Gasteiger partial charge in [0, 0.05) is 42.9 Å². The van der Waals surface area contributed by atoms with E-state index >= 15 is 0 Å². The molecule has 5 aliphatic heterocycles. The number of nitrogen functional groups attached to an aromatic ring is 5. The summed E-state index contributed by atoms with van der Waals surface area (Å²) in [6.07, 6.45) is -8.34. The third kappa shape index (κ3) is 16.6. The lowest BCUT2D eigenvalue weighted by atomic mass is 10.0. The Hall–Kier alpha value is -5.87. The van der Waals surface area contributed by atoms with E-state index in [0.717, 1.165) is 4.57 Å². The van der Waals surface area contributed by atoms with E-state index in [-0.39, 0.29) is 93.3 Å². The lowest BCUT2D eigenvalue weighted by Gasteiger charge is -2.29. The van der Waals surface area contributed by atoms with Gasteiger partial charge in [0.25, 0.3) is 11.1 Å². The average molecular weight is 1700 g/mol. The molecule has 0 aromatic carbocycles. The molecule has 0 aliphatic carbocycles. The van der Waals surface area contributed by atoms with E-state index in [9.17, 15) is 43.7 Å². The lowest BCUT2D eigenvalue weighted by Crippen LogP contribution is -2.34. The van der Waals surface area contributed by atoms with Crippen LogP contribution in [0.3, 0.4) is 0 Å². The minimum atomic E-state index is -4.59. The Morgan fingerprint density at radius 3 is 1.31 bits per heavy atom. The van der Waals surface area contributed by atoms with Gasteiger partial charge in [0.1, 0.15) is 97.3 Å². The largest absolute Gasteiger partial charge is 0.383 e. The smallest absolute Gasteiger partial charge is 0.351 e. The van der Waals surface area contributed by atoms with Crippen molar-refractivity contribution in [1.29, 1.82) is 0 Å². The maximum Gasteiger partial charge on any atom is 0.351 e. The number of hydrogen-bond donors (Lipinski definition) is 13. The van der Waals surface area contributed by atoms with Crippen LogP contribution >= 0.6 is 33.6 Å². The van der Waals surface area contributed by atoms with E-state index in [4.69, 9.17) is 152 Å². The number of aromatic nitrogens is 18. The molecule has 14 heterocycles. The number of rotatable bonds is 27. The Balaban J connectivity index is 0.680. The van der Waals surface area contributed by atoms with Gasteiger partial charge in [-0.1, -0.05) is 13.8 Å². The maximum absolute atomic E-state index is 13.5. The maximum atomic E-state index is 13.5. The first-order chi connectivity index (χ1) is 50.9. The summed E-state index contributed by atoms with van der Waals surface area (Å²) in [5.41, 5.74) is 29.3. The molecule has 0 radical (unpaired) electrons. The predicted molar refractivity (Wildman–Crippen MR) is 393 cm³/mol. The van der Waals surface area contributed by atoms with Crippen LogP contribution < -0.4 is 45.5 Å². The number of hydrogen-bond acceptors (Lipinski definition) is 38. The van der Waals surface area contributed by atoms with Crippen molar-refractivity contribution in [3.05, 3.63) is 80.9 Å². The summed E-state index contributed by atoms with van der Waals surface area (Å²) in [6.45, 7) is -18.2. The fourth-order valence-corrected chi connectivity index (χ4v) is 20.1. The molecule has 0 spiro atoms. The molecule has 108 heavy (non-hydrogen) atoms. The molecule has 0 bridgehead atoms. The summed E-state index contributed by atoms with van der Waals surface area (Å²) in [5, 5.41) is 0. The van der Waals surface area contributed by atoms with E-state index in [0.29, 0.717) is 5.56 Å². The Labute approximate surface area is 631 Å². The monoisotopic (exact) mass is 1700 g/mol. The van der Waals surface area contributed by atoms with Gasteiger partial charge < -0.3 is 122 Å². The SMILES string of the molecule is Cc1cn([C@H]2CC(OP(O)(=S)OC[C@H]3O[C@@H](n4cnc5c(N)ncnc54)[C@@H](C)C3OP(O)(=S)OC[C@H]3O[C@@H](n4cnc5c(N)ncnc54)[C@@H](C)C3OP(O)(O)=S)[C@@H](COP(O)(=S)OC3C[C@H](n4cnc5c(=O)[nH]c(N)nc54)O[C@@H]3COP(O)(=S)OC3C[C@H](n4cnc5c(=O)[nH]c(N)nc54)O[C@@H]3C)O2)c(=O)nc1N. The molecule has 0 amide bonds. The summed E-state index contributed by atoms with van der Waals surface area (Å²) in [5.74, 6) is -1.89. The van der Waals surface area contributed by atoms with Crippen LogP contribution in [-0.2, 0) is 123 Å². The quantitative estimate of drug-likeness (QED) is 0.0310. The number of anilines is 5. The molecule has 9 unspecified atom stereocenters. The first-order valence-corrected chi connectivity index (χ1v) is 45.2. The van der Waals surface area contributed by atoms with Crippen molar-refractivity contribution in [1.82, 2.24) is 87.6 Å². The normalized spacial score (nSPS) is 29.9. The molecular weight excluding hydrogens is 1630 g/mol. The molecule has 584 valence electrons. The van der Waals surface area contributed by atoms with E-state index < -0.39 is 181 Å². The summed E-state index contributed by atoms with van der Waals surface area (Å²) >= 11 is 27.4. The topological polar surface area (TPSA) is 630 Å². The van der Waals surface area contributed by atoms with Crippen LogP contribution in [0.5, 0.6) is 0 Å². The van der Waals surface area contributed by atoms with Gasteiger partial charge in [0.05, 0.1) is 76.2 Å². The lowest BCUT2D eigenvalue weighted by molar-refractivity contribution is -0.0557. The zero-order valence-electron chi connectivity index (χ0n) is 56.2. The highest BCUT2D eigenvalue weighted by molar-refractivity contribution is 8.08. The molecular formula is C52H68N23O23P5S5. The number of nitrogens with one attached hydrogen (secondary N) is 2. The minimum Gasteiger partial charge on any atom is -0.383 e. The number of H-pyrrole nitrogens is 2. The van der Waals surface area contributed by atoms with Crippen LogP contribution in [-0.4, -0.2) is 204 Å². The van der Waals surface area contributed by atoms with Gasteiger partial charge in [0.2, 0.25) is 11.9 Å². The van der Waals surface area contributed by atoms with Gasteiger partial charge in [-0.05, 0) is 72.9 Å². The fraction of sp³-hybridized carbons (Fsp3) is 0.538. The molecule has 21 atom stereocenters. The zero-order chi connectivity index (χ0) is 77.0. The number of aryl methyl sites for hydroxylation is 1. The summed E-state index contributed by atoms with van der Waals surface area (Å²) < 4.78 is 93.2. The number of imidazole rings is 4. The second kappa shape index (κ2) is 30.6. The molecule has 5 fully saturated rings. The highest BCUT2D eigenvalue weighted by atomic mass is 32.5. The summed E-state index contributed by atoms with van der Waals surface area (Å²) in [7, 11) is 0. The highest BCUT2D eigenvalue weighted by Crippen LogP contribution is 2.57. The molecule has 18 N–H and O–H groups in total. The second-order valence-electron chi connectivity index (χ2n) is 25.4. The van der Waals surface area contributed by atoms with Gasteiger partial charge in [-0.3, -0.25) is 42.4 Å². The van der Waals surface area contributed by atoms with Gasteiger partial charge in [-0.15, -0.1) is 0 Å². The Kier molecular flexibility index (Phi) is 22.3. The van der Waals surface area contributed by atoms with Crippen LogP contribution in [0.2, 0.25) is 0 Å². The molecule has 56 heteroatoms. The van der Waals surface area contributed by atoms with E-state index in [1.54, 1.807) is 27.7 Å². The van der Waals surface area contributed by atoms with Crippen molar-refractivity contribution in [2.45, 2.75) is 139 Å². The van der Waals surface area contributed by atoms with Gasteiger partial charge in [-0.2, -0.15) is 15.0 Å². The van der Waals surface area contributed by atoms with Crippen molar-refractivity contribution in [2.75, 3.05) is 55.1 Å². The van der Waals surface area contributed by atoms with Gasteiger partial charge >= 0.3 is 39.3 Å². The average Bonchev–Trinajstić information content (AvgIpc) is 1.63. The van der Waals surface area contributed by atoms with E-state index in [2.05, 4.69) is 64.8 Å². The highest BCUT2D eigenvalue weighted by Gasteiger charge is 2.52. The number of nitrogens with zero attached hydrogens (tertiary/aromatic N) is 16. The molecule has 5 aliphatic rings. The molecule has 5 saturated heterocycles. The first kappa shape index (κ1) is 78.8. The molecule has 46 nitrogen and oxygen atoms in total. The van der Waals surface area contributed by atoms with Crippen molar-refractivity contribution in [3.8, 4) is 0 Å². The Morgan fingerprint density at radius 1 is 0.463 bits per heavy atom. The summed E-state index contributed by atoms with van der Waals surface area (Å²) in [4.78, 5) is 158. The van der Waals surface area contributed by atoms with Crippen molar-refractivity contribution < 1.29 is 93.8 Å². The third-order valence-corrected chi connectivity index (χ3v) is 25.3. The van der Waals surface area contributed by atoms with Gasteiger partial charge in [-0.25, -0.2) is 44.7 Å². The number of fused-ring (bicyclic) bond motifs is 4. The van der Waals surface area contributed by atoms with Crippen LogP contribution in [0.15, 0.2) is 58.5 Å². The molecule has 9 aromatic rings. The standard InChI is InChI=1S/C52H68N23O23P5S5/c1-19-8-71(52(78)66-39(19)53)30-6-24(26(90-30)9-86-101(82,106)96-25-7-32(73-16-65-36-45(73)68-51(57)70-47(36)77)91-27(25)10-85-100(81,105)94-23-5-31(89-22(23)4)72-15-64-35-44(72)67-50(56)69-46(35)76)95-102(83,107)87-12-29-38(21(3)49(93-29)75-18-63-34-41(55)59-14-61-43(34)75)98-103(84,108)88-11-28-37(97-99(79,80)104)20(2)48(92-28)74-17-62-33-40(54)58-13-60-42(33)74/h8,13-18,20-32,37-38,48-49H,5-7,9-12H2,1-4H3,(H,81,105)(H,82,106)(H,83,107)(H,84,108)(H2,53,66,78)(H2,54,58,60)(H2,55,59,61)(H2,79,80,104)(H3,56,67,69,76)(H3,57,68,70,77)/t20-,21-,22+,23?,24?,25?,26+,27+,28+,29+,30+,31+,32+,37?,38?,48+,49+,100?,101?,102?,103?/m0/s1. The first-order valence-electron chi connectivity index (χ1n) is 32.3. The zero-order valence-corrected chi connectivity index (χ0v) is 64.8. The van der Waals surface area contributed by atoms with Crippen LogP contribution in [0.1, 0.15) is 76.7 Å². The van der Waals surface area contributed by atoms with Crippen LogP contribution in [0, 0.1) is 18.8 Å². The van der Waals surface area contributed by atoms with Crippen molar-refractivity contribution in [3.63, 3.8) is 0 Å². The third-order valence-electron chi connectivity index (χ3n) is 18.2. The number of nitrogens with two attached hydrogens (primary N) is 5. The Bertz CT molecular complexity index is 5390. The van der Waals surface area contributed by atoms with Gasteiger partial charge in [0.15, 0.2) is 45.3 Å². The molecule has 0 saturated carbocycles. The second-order valence-corrected chi connectivity index (χ2v) is 39.2. The minimum absolute atomic E-state index is 0.00305. The molecule has 9 aromatic heterocycles. The van der Waals surface area contributed by atoms with E-state index in [1.165, 1.54) is 62.4 Å². The summed E-state index contributed by atoms with van der Waals surface area (Å²) in [6, 6.07) is 0. The van der Waals surface area contributed by atoms with Crippen LogP contribution in [0.25, 0.3) is 44.7 Å². The van der Waals surface area contributed by atoms with Crippen molar-refractivity contribution >= 4 is 167 Å². The fourth-order valence-electron chi connectivity index (χ4n) is 13.2. The predicted octanol–water partition coefficient (Wildman–Crippen LogP) is 0.427.